The summed E-state index contributed by atoms with van der Waals surface area (Å²) in [5, 5.41) is 4.58. The molecule has 1 unspecified atom stereocenters. The molecule has 0 saturated carbocycles. The van der Waals surface area contributed by atoms with Gasteiger partial charge in [-0.25, -0.2) is 8.42 Å². The molecule has 0 radical (unpaired) electrons. The maximum absolute atomic E-state index is 11.4. The van der Waals surface area contributed by atoms with Crippen LogP contribution in [0.3, 0.4) is 0 Å². The topological polar surface area (TPSA) is 51.1 Å². The van der Waals surface area contributed by atoms with E-state index in [1.807, 2.05) is 12.1 Å². The van der Waals surface area contributed by atoms with Gasteiger partial charge in [-0.3, -0.25) is 0 Å². The lowest BCUT2D eigenvalue weighted by Crippen LogP contribution is -2.32. The van der Waals surface area contributed by atoms with E-state index in [-0.39, 0.29) is 6.04 Å². The van der Waals surface area contributed by atoms with E-state index >= 15 is 0 Å². The third-order valence-electron chi connectivity index (χ3n) is 3.70. The van der Waals surface area contributed by atoms with Gasteiger partial charge in [0, 0.05) is 30.8 Å². The average molecular weight is 278 g/mol. The van der Waals surface area contributed by atoms with E-state index in [1.54, 1.807) is 0 Å². The van der Waals surface area contributed by atoms with E-state index in [0.717, 1.165) is 19.5 Å². The van der Waals surface area contributed by atoms with Gasteiger partial charge in [-0.1, -0.05) is 18.2 Å². The van der Waals surface area contributed by atoms with Crippen LogP contribution in [0.15, 0.2) is 36.5 Å². The summed E-state index contributed by atoms with van der Waals surface area (Å²) in [7, 11) is -2.78. The highest BCUT2D eigenvalue weighted by Crippen LogP contribution is 2.15. The number of nitrogens with zero attached hydrogens (tertiary/aromatic N) is 1. The minimum atomic E-state index is -2.78. The Morgan fingerprint density at radius 1 is 1.26 bits per heavy atom. The van der Waals surface area contributed by atoms with Crippen molar-refractivity contribution in [2.75, 3.05) is 18.1 Å². The van der Waals surface area contributed by atoms with Gasteiger partial charge in [-0.2, -0.15) is 0 Å². The van der Waals surface area contributed by atoms with E-state index < -0.39 is 9.84 Å². The maximum atomic E-state index is 11.4. The highest BCUT2D eigenvalue weighted by molar-refractivity contribution is 7.91. The predicted octanol–water partition coefficient (Wildman–Crippen LogP) is 1.42. The Labute approximate surface area is 113 Å². The van der Waals surface area contributed by atoms with Gasteiger partial charge in [0.1, 0.15) is 0 Å². The Balaban J connectivity index is 1.58. The van der Waals surface area contributed by atoms with Gasteiger partial charge in [0.15, 0.2) is 9.84 Å². The largest absolute Gasteiger partial charge is 0.346 e. The first kappa shape index (κ1) is 12.7. The summed E-state index contributed by atoms with van der Waals surface area (Å²) in [5.41, 5.74) is 1.23. The number of para-hydroxylation sites is 1. The van der Waals surface area contributed by atoms with Gasteiger partial charge in [0.2, 0.25) is 0 Å². The van der Waals surface area contributed by atoms with Crippen molar-refractivity contribution < 1.29 is 8.42 Å². The molecular weight excluding hydrogens is 260 g/mol. The maximum Gasteiger partial charge on any atom is 0.151 e. The smallest absolute Gasteiger partial charge is 0.151 e. The normalized spacial score (nSPS) is 22.0. The number of sulfone groups is 1. The van der Waals surface area contributed by atoms with E-state index in [0.29, 0.717) is 11.5 Å². The SMILES string of the molecule is O=S1(=O)CCC(NCCn2ccc3ccccc32)C1. The number of rotatable bonds is 4. The van der Waals surface area contributed by atoms with Gasteiger partial charge in [0.05, 0.1) is 11.5 Å². The van der Waals surface area contributed by atoms with Crippen LogP contribution in [0.1, 0.15) is 6.42 Å². The van der Waals surface area contributed by atoms with E-state index in [1.165, 1.54) is 10.9 Å². The molecule has 1 atom stereocenters. The van der Waals surface area contributed by atoms with Crippen molar-refractivity contribution in [3.63, 3.8) is 0 Å². The zero-order valence-corrected chi connectivity index (χ0v) is 11.6. The molecule has 3 rings (SSSR count). The van der Waals surface area contributed by atoms with Crippen LogP contribution in [0.4, 0.5) is 0 Å². The van der Waals surface area contributed by atoms with Crippen molar-refractivity contribution in [3.8, 4) is 0 Å². The lowest BCUT2D eigenvalue weighted by atomic mass is 10.2. The molecule has 102 valence electrons. The molecule has 1 aliphatic heterocycles. The Hall–Kier alpha value is -1.33. The van der Waals surface area contributed by atoms with E-state index in [2.05, 4.69) is 34.3 Å². The summed E-state index contributed by atoms with van der Waals surface area (Å²) in [4.78, 5) is 0. The fraction of sp³-hybridized carbons (Fsp3) is 0.429. The molecule has 4 nitrogen and oxygen atoms in total. The molecule has 1 aromatic heterocycles. The minimum Gasteiger partial charge on any atom is -0.346 e. The second-order valence-electron chi connectivity index (χ2n) is 5.12. The zero-order chi connectivity index (χ0) is 13.3. The fourth-order valence-corrected chi connectivity index (χ4v) is 4.39. The monoisotopic (exact) mass is 278 g/mol. The third kappa shape index (κ3) is 2.82. The second-order valence-corrected chi connectivity index (χ2v) is 7.35. The zero-order valence-electron chi connectivity index (χ0n) is 10.7. The van der Waals surface area contributed by atoms with Crippen LogP contribution >= 0.6 is 0 Å². The van der Waals surface area contributed by atoms with Crippen LogP contribution in [0, 0.1) is 0 Å². The van der Waals surface area contributed by atoms with Crippen LogP contribution in [-0.4, -0.2) is 37.1 Å². The molecular formula is C14H18N2O2S. The van der Waals surface area contributed by atoms with Crippen molar-refractivity contribution in [2.24, 2.45) is 0 Å². The van der Waals surface area contributed by atoms with Crippen molar-refractivity contribution in [2.45, 2.75) is 19.0 Å². The molecule has 1 aliphatic rings. The van der Waals surface area contributed by atoms with Crippen molar-refractivity contribution >= 4 is 20.7 Å². The highest BCUT2D eigenvalue weighted by atomic mass is 32.2. The molecule has 1 N–H and O–H groups in total. The average Bonchev–Trinajstić information content (AvgIpc) is 2.94. The molecule has 2 heterocycles. The van der Waals surface area contributed by atoms with Gasteiger partial charge in [0.25, 0.3) is 0 Å². The summed E-state index contributed by atoms with van der Waals surface area (Å²) in [6.07, 6.45) is 2.83. The van der Waals surface area contributed by atoms with Gasteiger partial charge < -0.3 is 9.88 Å². The number of hydrogen-bond acceptors (Lipinski definition) is 3. The molecule has 1 fully saturated rings. The second kappa shape index (κ2) is 4.98. The molecule has 1 saturated heterocycles. The summed E-state index contributed by atoms with van der Waals surface area (Å²) in [6.45, 7) is 1.67. The lowest BCUT2D eigenvalue weighted by molar-refractivity contribution is 0.525. The summed E-state index contributed by atoms with van der Waals surface area (Å²) >= 11 is 0. The summed E-state index contributed by atoms with van der Waals surface area (Å²) in [6, 6.07) is 10.5. The van der Waals surface area contributed by atoms with Gasteiger partial charge >= 0.3 is 0 Å². The molecule has 1 aromatic carbocycles. The molecule has 19 heavy (non-hydrogen) atoms. The first-order chi connectivity index (χ1) is 9.14. The number of hydrogen-bond donors (Lipinski definition) is 1. The Bertz CT molecular complexity index is 676. The Morgan fingerprint density at radius 3 is 2.89 bits per heavy atom. The standard InChI is InChI=1S/C14H18N2O2S/c17-19(18)10-6-13(11-19)15-7-9-16-8-5-12-3-1-2-4-14(12)16/h1-5,8,13,15H,6-7,9-11H2. The Morgan fingerprint density at radius 2 is 2.11 bits per heavy atom. The number of nitrogens with one attached hydrogen (secondary N) is 1. The first-order valence-corrected chi connectivity index (χ1v) is 8.44. The fourth-order valence-electron chi connectivity index (χ4n) is 2.68. The quantitative estimate of drug-likeness (QED) is 0.920. The molecule has 0 aliphatic carbocycles. The highest BCUT2D eigenvalue weighted by Gasteiger charge is 2.26. The Kier molecular flexibility index (Phi) is 3.33. The third-order valence-corrected chi connectivity index (χ3v) is 5.47. The molecule has 0 spiro atoms. The first-order valence-electron chi connectivity index (χ1n) is 6.62. The molecule has 0 amide bonds. The van der Waals surface area contributed by atoms with Crippen molar-refractivity contribution in [1.29, 1.82) is 0 Å². The van der Waals surface area contributed by atoms with Crippen LogP contribution in [0.5, 0.6) is 0 Å². The van der Waals surface area contributed by atoms with Gasteiger partial charge in [-0.05, 0) is 23.9 Å². The van der Waals surface area contributed by atoms with Gasteiger partial charge in [-0.15, -0.1) is 0 Å². The van der Waals surface area contributed by atoms with E-state index in [9.17, 15) is 8.42 Å². The van der Waals surface area contributed by atoms with Crippen LogP contribution in [0.2, 0.25) is 0 Å². The number of aromatic nitrogens is 1. The number of benzene rings is 1. The molecule has 5 heteroatoms. The molecule has 2 aromatic rings. The van der Waals surface area contributed by atoms with Crippen LogP contribution in [0.25, 0.3) is 10.9 Å². The van der Waals surface area contributed by atoms with E-state index in [4.69, 9.17) is 0 Å². The summed E-state index contributed by atoms with van der Waals surface area (Å²) in [5.74, 6) is 0.622. The molecule has 0 bridgehead atoms. The summed E-state index contributed by atoms with van der Waals surface area (Å²) < 4.78 is 24.9. The lowest BCUT2D eigenvalue weighted by Gasteiger charge is -2.11. The minimum absolute atomic E-state index is 0.131. The van der Waals surface area contributed by atoms with Crippen LogP contribution in [-0.2, 0) is 16.4 Å². The number of fused-ring (bicyclic) bond motifs is 1. The van der Waals surface area contributed by atoms with Crippen molar-refractivity contribution in [1.82, 2.24) is 9.88 Å². The predicted molar refractivity (Wildman–Crippen MR) is 77.0 cm³/mol. The van der Waals surface area contributed by atoms with Crippen LogP contribution < -0.4 is 5.32 Å². The van der Waals surface area contributed by atoms with Crippen molar-refractivity contribution in [3.05, 3.63) is 36.5 Å².